The van der Waals surface area contributed by atoms with E-state index >= 15 is 0 Å². The largest absolute Gasteiger partial charge is 0.450 e. The Morgan fingerprint density at radius 3 is 2.35 bits per heavy atom. The van der Waals surface area contributed by atoms with Crippen molar-refractivity contribution in [1.29, 1.82) is 0 Å². The highest BCUT2D eigenvalue weighted by Crippen LogP contribution is 2.25. The topological polar surface area (TPSA) is 99.3 Å². The van der Waals surface area contributed by atoms with E-state index in [1.807, 2.05) is 0 Å². The maximum Gasteiger partial charge on any atom is 0.409 e. The highest BCUT2D eigenvalue weighted by atomic mass is 19.1. The first-order valence-corrected chi connectivity index (χ1v) is 10.4. The number of nitrogens with zero attached hydrogens (tertiary/aromatic N) is 3. The molecule has 31 heavy (non-hydrogen) atoms. The van der Waals surface area contributed by atoms with Crippen molar-refractivity contribution in [2.24, 2.45) is 5.92 Å². The lowest BCUT2D eigenvalue weighted by atomic mass is 10.1. The van der Waals surface area contributed by atoms with Gasteiger partial charge in [-0.3, -0.25) is 14.4 Å². The lowest BCUT2D eigenvalue weighted by molar-refractivity contribution is -0.138. The van der Waals surface area contributed by atoms with E-state index in [0.29, 0.717) is 38.5 Å². The summed E-state index contributed by atoms with van der Waals surface area (Å²) < 4.78 is 18.1. The number of nitrogens with one attached hydrogen (secondary N) is 1. The third-order valence-electron chi connectivity index (χ3n) is 5.48. The smallest absolute Gasteiger partial charge is 0.409 e. The number of anilines is 1. The lowest BCUT2D eigenvalue weighted by Gasteiger charge is -2.35. The maximum atomic E-state index is 13.1. The average molecular weight is 434 g/mol. The van der Waals surface area contributed by atoms with Gasteiger partial charge >= 0.3 is 6.09 Å². The molecule has 2 unspecified atom stereocenters. The molecular formula is C21H27FN4O5. The van der Waals surface area contributed by atoms with Gasteiger partial charge in [0.2, 0.25) is 17.7 Å². The molecule has 0 bridgehead atoms. The molecule has 2 saturated heterocycles. The Morgan fingerprint density at radius 2 is 1.74 bits per heavy atom. The molecule has 0 saturated carbocycles. The predicted octanol–water partition coefficient (Wildman–Crippen LogP) is 0.984. The van der Waals surface area contributed by atoms with Crippen LogP contribution in [0.15, 0.2) is 24.3 Å². The maximum absolute atomic E-state index is 13.1. The van der Waals surface area contributed by atoms with Crippen molar-refractivity contribution in [3.05, 3.63) is 30.1 Å². The van der Waals surface area contributed by atoms with Crippen LogP contribution in [0, 0.1) is 11.7 Å². The second-order valence-electron chi connectivity index (χ2n) is 7.62. The molecule has 4 amide bonds. The third kappa shape index (κ3) is 5.31. The number of hydrogen-bond donors (Lipinski definition) is 1. The quantitative estimate of drug-likeness (QED) is 0.745. The SMILES string of the molecule is CCOC(=O)N1CCN(C(=O)C(C)NC(=O)C2CC(=O)N(c3ccc(F)cc3)C2)CC1. The number of hydrogen-bond acceptors (Lipinski definition) is 5. The number of carbonyl (C=O) groups is 4. The molecule has 1 N–H and O–H groups in total. The molecule has 2 heterocycles. The van der Waals surface area contributed by atoms with E-state index in [2.05, 4.69) is 5.32 Å². The van der Waals surface area contributed by atoms with Crippen LogP contribution < -0.4 is 10.2 Å². The van der Waals surface area contributed by atoms with Crippen molar-refractivity contribution in [2.45, 2.75) is 26.3 Å². The molecule has 0 spiro atoms. The number of halogens is 1. The van der Waals surface area contributed by atoms with Crippen LogP contribution in [0.2, 0.25) is 0 Å². The van der Waals surface area contributed by atoms with E-state index in [0.717, 1.165) is 0 Å². The van der Waals surface area contributed by atoms with E-state index in [1.54, 1.807) is 23.6 Å². The first-order chi connectivity index (χ1) is 14.8. The second-order valence-corrected chi connectivity index (χ2v) is 7.62. The minimum absolute atomic E-state index is 0.0301. The summed E-state index contributed by atoms with van der Waals surface area (Å²) in [6.45, 7) is 5.27. The monoisotopic (exact) mass is 434 g/mol. The van der Waals surface area contributed by atoms with Crippen molar-refractivity contribution >= 4 is 29.5 Å². The van der Waals surface area contributed by atoms with Gasteiger partial charge in [-0.05, 0) is 38.1 Å². The van der Waals surface area contributed by atoms with Gasteiger partial charge in [0.1, 0.15) is 11.9 Å². The third-order valence-corrected chi connectivity index (χ3v) is 5.48. The molecule has 2 aliphatic heterocycles. The zero-order valence-corrected chi connectivity index (χ0v) is 17.7. The summed E-state index contributed by atoms with van der Waals surface area (Å²) in [5, 5.41) is 2.70. The summed E-state index contributed by atoms with van der Waals surface area (Å²) in [4.78, 5) is 54.0. The second kappa shape index (κ2) is 9.76. The average Bonchev–Trinajstić information content (AvgIpc) is 3.15. The summed E-state index contributed by atoms with van der Waals surface area (Å²) >= 11 is 0. The fraction of sp³-hybridized carbons (Fsp3) is 0.524. The first kappa shape index (κ1) is 22.5. The van der Waals surface area contributed by atoms with Gasteiger partial charge < -0.3 is 24.8 Å². The summed E-state index contributed by atoms with van der Waals surface area (Å²) in [6.07, 6.45) is -0.366. The highest BCUT2D eigenvalue weighted by Gasteiger charge is 2.36. The zero-order valence-electron chi connectivity index (χ0n) is 17.7. The number of rotatable bonds is 5. The van der Waals surface area contributed by atoms with Gasteiger partial charge in [-0.1, -0.05) is 0 Å². The van der Waals surface area contributed by atoms with Crippen molar-refractivity contribution in [2.75, 3.05) is 44.2 Å². The van der Waals surface area contributed by atoms with Crippen LogP contribution in [0.4, 0.5) is 14.9 Å². The number of piperazine rings is 1. The van der Waals surface area contributed by atoms with Crippen LogP contribution >= 0.6 is 0 Å². The molecule has 2 fully saturated rings. The molecule has 0 aliphatic carbocycles. The van der Waals surface area contributed by atoms with E-state index < -0.39 is 23.9 Å². The van der Waals surface area contributed by atoms with E-state index in [4.69, 9.17) is 4.74 Å². The summed E-state index contributed by atoms with van der Waals surface area (Å²) in [5.74, 6) is -1.82. The zero-order chi connectivity index (χ0) is 22.5. The molecule has 0 aromatic heterocycles. The number of carbonyl (C=O) groups excluding carboxylic acids is 4. The molecule has 1 aromatic carbocycles. The molecule has 0 radical (unpaired) electrons. The minimum atomic E-state index is -0.753. The van der Waals surface area contributed by atoms with Crippen LogP contribution in [0.1, 0.15) is 20.3 Å². The molecule has 10 heteroatoms. The molecule has 2 atom stereocenters. The van der Waals surface area contributed by atoms with Crippen molar-refractivity contribution in [3.8, 4) is 0 Å². The van der Waals surface area contributed by atoms with E-state index in [1.165, 1.54) is 29.2 Å². The first-order valence-electron chi connectivity index (χ1n) is 10.4. The Hall–Kier alpha value is -3.17. The van der Waals surface area contributed by atoms with E-state index in [-0.39, 0.29) is 30.7 Å². The van der Waals surface area contributed by atoms with Gasteiger partial charge in [-0.25, -0.2) is 9.18 Å². The Labute approximate surface area is 180 Å². The summed E-state index contributed by atoms with van der Waals surface area (Å²) in [6, 6.07) is 4.76. The number of ether oxygens (including phenoxy) is 1. The predicted molar refractivity (Wildman–Crippen MR) is 110 cm³/mol. The van der Waals surface area contributed by atoms with E-state index in [9.17, 15) is 23.6 Å². The van der Waals surface area contributed by atoms with Gasteiger partial charge in [0.15, 0.2) is 0 Å². The summed E-state index contributed by atoms with van der Waals surface area (Å²) in [7, 11) is 0. The molecular weight excluding hydrogens is 407 g/mol. The van der Waals surface area contributed by atoms with Gasteiger partial charge in [0.25, 0.3) is 0 Å². The molecule has 3 rings (SSSR count). The van der Waals surface area contributed by atoms with Crippen LogP contribution in [-0.2, 0) is 19.1 Å². The van der Waals surface area contributed by atoms with Crippen molar-refractivity contribution in [3.63, 3.8) is 0 Å². The molecule has 1 aromatic rings. The Bertz CT molecular complexity index is 839. The fourth-order valence-electron chi connectivity index (χ4n) is 3.74. The van der Waals surface area contributed by atoms with Crippen LogP contribution in [0.5, 0.6) is 0 Å². The normalized spacial score (nSPS) is 19.9. The fourth-order valence-corrected chi connectivity index (χ4v) is 3.74. The van der Waals surface area contributed by atoms with Gasteiger partial charge in [0.05, 0.1) is 12.5 Å². The summed E-state index contributed by atoms with van der Waals surface area (Å²) in [5.41, 5.74) is 0.533. The number of benzene rings is 1. The number of amides is 4. The standard InChI is InChI=1S/C21H27FN4O5/c1-3-31-21(30)25-10-8-24(9-11-25)20(29)14(2)23-19(28)15-12-18(27)26(13-15)17-6-4-16(22)5-7-17/h4-7,14-15H,3,8-13H2,1-2H3,(H,23,28). The van der Waals surface area contributed by atoms with Crippen molar-refractivity contribution in [1.82, 2.24) is 15.1 Å². The highest BCUT2D eigenvalue weighted by molar-refractivity contribution is 6.01. The molecule has 2 aliphatic rings. The molecule has 168 valence electrons. The van der Waals surface area contributed by atoms with Gasteiger partial charge in [0, 0.05) is 44.8 Å². The Kier molecular flexibility index (Phi) is 7.09. The van der Waals surface area contributed by atoms with Crippen molar-refractivity contribution < 1.29 is 28.3 Å². The Balaban J connectivity index is 1.50. The van der Waals surface area contributed by atoms with Gasteiger partial charge in [-0.2, -0.15) is 0 Å². The van der Waals surface area contributed by atoms with Crippen LogP contribution in [0.25, 0.3) is 0 Å². The lowest BCUT2D eigenvalue weighted by Crippen LogP contribution is -2.55. The van der Waals surface area contributed by atoms with Crippen LogP contribution in [-0.4, -0.2) is 79.0 Å². The van der Waals surface area contributed by atoms with Crippen LogP contribution in [0.3, 0.4) is 0 Å². The Morgan fingerprint density at radius 1 is 1.13 bits per heavy atom. The van der Waals surface area contributed by atoms with Gasteiger partial charge in [-0.15, -0.1) is 0 Å². The minimum Gasteiger partial charge on any atom is -0.450 e. The molecule has 9 nitrogen and oxygen atoms in total.